The topological polar surface area (TPSA) is 41.1 Å². The van der Waals surface area contributed by atoms with Crippen molar-refractivity contribution < 1.29 is 4.79 Å². The summed E-state index contributed by atoms with van der Waals surface area (Å²) in [5.74, 6) is 1.64. The molecule has 3 aliphatic rings. The van der Waals surface area contributed by atoms with Crippen molar-refractivity contribution in [2.24, 2.45) is 11.8 Å². The van der Waals surface area contributed by atoms with Gasteiger partial charge in [0.2, 0.25) is 5.91 Å². The summed E-state index contributed by atoms with van der Waals surface area (Å²) in [4.78, 5) is 12.4. The molecule has 1 saturated heterocycles. The minimum Gasteiger partial charge on any atom is -0.350 e. The molecule has 1 aliphatic heterocycles. The molecule has 0 radical (unpaired) electrons. The first-order valence-electron chi connectivity index (χ1n) is 7.23. The molecule has 1 heterocycles. The van der Waals surface area contributed by atoms with Gasteiger partial charge < -0.3 is 10.6 Å². The normalized spacial score (nSPS) is 39.2. The fourth-order valence-corrected chi connectivity index (χ4v) is 4.13. The zero-order valence-corrected chi connectivity index (χ0v) is 10.8. The highest BCUT2D eigenvalue weighted by atomic mass is 16.2. The third kappa shape index (κ3) is 2.10. The smallest absolute Gasteiger partial charge is 0.237 e. The maximum Gasteiger partial charge on any atom is 0.237 e. The van der Waals surface area contributed by atoms with E-state index >= 15 is 0 Å². The monoisotopic (exact) mass is 236 g/mol. The zero-order chi connectivity index (χ0) is 11.9. The largest absolute Gasteiger partial charge is 0.350 e. The molecule has 3 nitrogen and oxygen atoms in total. The van der Waals surface area contributed by atoms with E-state index in [1.54, 1.807) is 0 Å². The highest BCUT2D eigenvalue weighted by Crippen LogP contribution is 2.38. The molecule has 0 aromatic heterocycles. The lowest BCUT2D eigenvalue weighted by molar-refractivity contribution is -0.125. The first-order chi connectivity index (χ1) is 8.18. The quantitative estimate of drug-likeness (QED) is 0.768. The highest BCUT2D eigenvalue weighted by Gasteiger charge is 2.44. The van der Waals surface area contributed by atoms with Crippen LogP contribution in [0.25, 0.3) is 0 Å². The van der Waals surface area contributed by atoms with E-state index in [-0.39, 0.29) is 17.5 Å². The van der Waals surface area contributed by atoms with E-state index in [1.807, 2.05) is 0 Å². The molecule has 0 bridgehead atoms. The molecule has 3 fully saturated rings. The van der Waals surface area contributed by atoms with Crippen LogP contribution in [0, 0.1) is 11.8 Å². The van der Waals surface area contributed by atoms with E-state index in [4.69, 9.17) is 0 Å². The van der Waals surface area contributed by atoms with Crippen molar-refractivity contribution in [3.05, 3.63) is 0 Å². The second-order valence-electron chi connectivity index (χ2n) is 6.50. The first kappa shape index (κ1) is 11.5. The molecule has 0 spiro atoms. The van der Waals surface area contributed by atoms with Crippen LogP contribution in [-0.4, -0.2) is 24.0 Å². The number of rotatable bonds is 2. The average Bonchev–Trinajstić information content (AvgIpc) is 2.91. The minimum atomic E-state index is 0.0788. The van der Waals surface area contributed by atoms with Crippen LogP contribution < -0.4 is 10.6 Å². The Morgan fingerprint density at radius 2 is 2.00 bits per heavy atom. The van der Waals surface area contributed by atoms with Gasteiger partial charge in [-0.05, 0) is 51.0 Å². The van der Waals surface area contributed by atoms with Gasteiger partial charge in [0.15, 0.2) is 0 Å². The zero-order valence-electron chi connectivity index (χ0n) is 10.8. The molecule has 1 amide bonds. The Balaban J connectivity index is 1.62. The number of amides is 1. The van der Waals surface area contributed by atoms with Crippen molar-refractivity contribution in [2.45, 2.75) is 63.5 Å². The van der Waals surface area contributed by atoms with Gasteiger partial charge in [0, 0.05) is 5.54 Å². The van der Waals surface area contributed by atoms with Gasteiger partial charge in [-0.3, -0.25) is 4.79 Å². The molecule has 3 unspecified atom stereocenters. The van der Waals surface area contributed by atoms with Crippen molar-refractivity contribution in [3.8, 4) is 0 Å². The van der Waals surface area contributed by atoms with Crippen molar-refractivity contribution in [1.29, 1.82) is 0 Å². The third-order valence-electron chi connectivity index (χ3n) is 5.16. The Morgan fingerprint density at radius 1 is 1.24 bits per heavy atom. The minimum absolute atomic E-state index is 0.0788. The van der Waals surface area contributed by atoms with Gasteiger partial charge in [-0.1, -0.05) is 19.3 Å². The molecule has 3 rings (SSSR count). The first-order valence-corrected chi connectivity index (χ1v) is 7.23. The predicted octanol–water partition coefficient (Wildman–Crippen LogP) is 1.82. The van der Waals surface area contributed by atoms with Gasteiger partial charge in [0.05, 0.1) is 6.04 Å². The van der Waals surface area contributed by atoms with E-state index in [2.05, 4.69) is 17.6 Å². The van der Waals surface area contributed by atoms with Crippen LogP contribution in [0.4, 0.5) is 0 Å². The summed E-state index contributed by atoms with van der Waals surface area (Å²) in [6.45, 7) is 3.26. The SMILES string of the molecule is CC1(NC(=O)C2NCC3CCCC32)CCCC1. The van der Waals surface area contributed by atoms with E-state index in [9.17, 15) is 4.79 Å². The maximum absolute atomic E-state index is 12.4. The van der Waals surface area contributed by atoms with Crippen molar-refractivity contribution in [1.82, 2.24) is 10.6 Å². The second-order valence-corrected chi connectivity index (χ2v) is 6.50. The summed E-state index contributed by atoms with van der Waals surface area (Å²) in [5.41, 5.74) is 0.0788. The molecule has 3 atom stereocenters. The molecule has 2 aliphatic carbocycles. The van der Waals surface area contributed by atoms with Crippen LogP contribution in [0.2, 0.25) is 0 Å². The average molecular weight is 236 g/mol. The predicted molar refractivity (Wildman–Crippen MR) is 67.6 cm³/mol. The van der Waals surface area contributed by atoms with Gasteiger partial charge in [0.25, 0.3) is 0 Å². The second kappa shape index (κ2) is 4.27. The standard InChI is InChI=1S/C14H24N2O/c1-14(7-2-3-8-14)16-13(17)12-11-6-4-5-10(11)9-15-12/h10-12,15H,2-9H2,1H3,(H,16,17). The molecule has 2 saturated carbocycles. The van der Waals surface area contributed by atoms with Crippen LogP contribution >= 0.6 is 0 Å². The number of nitrogens with one attached hydrogen (secondary N) is 2. The van der Waals surface area contributed by atoms with E-state index < -0.39 is 0 Å². The van der Waals surface area contributed by atoms with Gasteiger partial charge in [-0.25, -0.2) is 0 Å². The Kier molecular flexibility index (Phi) is 2.89. The van der Waals surface area contributed by atoms with E-state index in [1.165, 1.54) is 32.1 Å². The lowest BCUT2D eigenvalue weighted by Gasteiger charge is -2.28. The van der Waals surface area contributed by atoms with Gasteiger partial charge in [-0.15, -0.1) is 0 Å². The lowest BCUT2D eigenvalue weighted by atomic mass is 9.92. The Bertz CT molecular complexity index is 309. The van der Waals surface area contributed by atoms with Crippen LogP contribution in [0.5, 0.6) is 0 Å². The van der Waals surface area contributed by atoms with Crippen LogP contribution in [0.1, 0.15) is 51.9 Å². The fraction of sp³-hybridized carbons (Fsp3) is 0.929. The van der Waals surface area contributed by atoms with E-state index in [0.29, 0.717) is 5.92 Å². The van der Waals surface area contributed by atoms with Gasteiger partial charge in [0.1, 0.15) is 0 Å². The molecule has 96 valence electrons. The van der Waals surface area contributed by atoms with E-state index in [0.717, 1.165) is 25.3 Å². The number of hydrogen-bond donors (Lipinski definition) is 2. The highest BCUT2D eigenvalue weighted by molar-refractivity contribution is 5.83. The summed E-state index contributed by atoms with van der Waals surface area (Å²) in [5, 5.41) is 6.75. The molecule has 2 N–H and O–H groups in total. The lowest BCUT2D eigenvalue weighted by Crippen LogP contribution is -2.52. The fourth-order valence-electron chi connectivity index (χ4n) is 4.13. The van der Waals surface area contributed by atoms with Crippen LogP contribution in [0.3, 0.4) is 0 Å². The summed E-state index contributed by atoms with van der Waals surface area (Å²) in [6, 6.07) is 0.0972. The Morgan fingerprint density at radius 3 is 2.76 bits per heavy atom. The third-order valence-corrected chi connectivity index (χ3v) is 5.16. The van der Waals surface area contributed by atoms with Crippen LogP contribution in [0.15, 0.2) is 0 Å². The number of hydrogen-bond acceptors (Lipinski definition) is 2. The summed E-state index contributed by atoms with van der Waals surface area (Å²) in [6.07, 6.45) is 8.71. The van der Waals surface area contributed by atoms with Crippen LogP contribution in [-0.2, 0) is 4.79 Å². The summed E-state index contributed by atoms with van der Waals surface area (Å²) >= 11 is 0. The molecular formula is C14H24N2O. The number of carbonyl (C=O) groups is 1. The van der Waals surface area contributed by atoms with Crippen molar-refractivity contribution in [3.63, 3.8) is 0 Å². The molecular weight excluding hydrogens is 212 g/mol. The number of carbonyl (C=O) groups excluding carboxylic acids is 1. The molecule has 0 aromatic carbocycles. The molecule has 0 aromatic rings. The summed E-state index contributed by atoms with van der Waals surface area (Å²) in [7, 11) is 0. The Labute approximate surface area is 104 Å². The van der Waals surface area contributed by atoms with Gasteiger partial charge >= 0.3 is 0 Å². The molecule has 17 heavy (non-hydrogen) atoms. The Hall–Kier alpha value is -0.570. The van der Waals surface area contributed by atoms with Gasteiger partial charge in [-0.2, -0.15) is 0 Å². The summed E-state index contributed by atoms with van der Waals surface area (Å²) < 4.78 is 0. The number of fused-ring (bicyclic) bond motifs is 1. The maximum atomic E-state index is 12.4. The van der Waals surface area contributed by atoms with Crippen molar-refractivity contribution in [2.75, 3.05) is 6.54 Å². The molecule has 3 heteroatoms. The van der Waals surface area contributed by atoms with Crippen molar-refractivity contribution >= 4 is 5.91 Å².